The van der Waals surface area contributed by atoms with Crippen molar-refractivity contribution < 1.29 is 39.5 Å². The van der Waals surface area contributed by atoms with Gasteiger partial charge in [-0.15, -0.1) is 0 Å². The van der Waals surface area contributed by atoms with E-state index in [1.807, 2.05) is 0 Å². The standard InChI is InChI=1S/C47H29F9N4/c48-45(49,50)30-20-23-33(40(26-30)47(54,55)56)29-19-22-37-36-16-8-10-18-41(36)60(42(37)25-29)32-21-24-34(35-15-7-9-17-39(35)46(51,52)53)38(27-32)44(58-31-13-5-2-6-14-31)59-43(57)28-11-3-1-4-12-28/h1-27H,(H2,57,58,59). The van der Waals surface area contributed by atoms with Gasteiger partial charge in [-0.05, 0) is 76.9 Å². The van der Waals surface area contributed by atoms with Gasteiger partial charge in [0.1, 0.15) is 5.84 Å². The van der Waals surface area contributed by atoms with E-state index in [2.05, 4.69) is 10.3 Å². The number of halogens is 9. The molecule has 0 aliphatic carbocycles. The van der Waals surface area contributed by atoms with Crippen LogP contribution >= 0.6 is 0 Å². The lowest BCUT2D eigenvalue weighted by Crippen LogP contribution is -2.18. The molecule has 0 bridgehead atoms. The summed E-state index contributed by atoms with van der Waals surface area (Å²) in [7, 11) is 0. The summed E-state index contributed by atoms with van der Waals surface area (Å²) in [4.78, 5) is 4.66. The molecule has 1 aromatic heterocycles. The monoisotopic (exact) mass is 820 g/mol. The molecule has 0 aliphatic heterocycles. The largest absolute Gasteiger partial charge is 0.417 e. The molecule has 0 aliphatic rings. The van der Waals surface area contributed by atoms with Gasteiger partial charge in [0.15, 0.2) is 5.84 Å². The van der Waals surface area contributed by atoms with Crippen molar-refractivity contribution in [3.05, 3.63) is 192 Å². The fourth-order valence-corrected chi connectivity index (χ4v) is 7.28. The van der Waals surface area contributed by atoms with Crippen LogP contribution in [0.3, 0.4) is 0 Å². The molecule has 0 spiro atoms. The Hall–Kier alpha value is -7.15. The lowest BCUT2D eigenvalue weighted by atomic mass is 9.93. The number of para-hydroxylation sites is 2. The lowest BCUT2D eigenvalue weighted by molar-refractivity contribution is -0.143. The molecule has 0 saturated heterocycles. The molecule has 8 aromatic rings. The maximum absolute atomic E-state index is 14.6. The Morgan fingerprint density at radius 3 is 1.82 bits per heavy atom. The highest BCUT2D eigenvalue weighted by atomic mass is 19.4. The molecule has 0 radical (unpaired) electrons. The van der Waals surface area contributed by atoms with E-state index in [9.17, 15) is 39.5 Å². The van der Waals surface area contributed by atoms with Crippen molar-refractivity contribution in [1.82, 2.24) is 4.57 Å². The predicted molar refractivity (Wildman–Crippen MR) is 217 cm³/mol. The van der Waals surface area contributed by atoms with Crippen LogP contribution in [-0.2, 0) is 18.5 Å². The Labute approximate surface area is 336 Å². The average molecular weight is 821 g/mol. The fraction of sp³-hybridized carbons (Fsp3) is 0.0638. The number of nitrogens with zero attached hydrogens (tertiary/aromatic N) is 2. The van der Waals surface area contributed by atoms with E-state index in [-0.39, 0.29) is 40.0 Å². The molecule has 0 fully saturated rings. The quantitative estimate of drug-likeness (QED) is 0.0980. The number of hydrogen-bond donors (Lipinski definition) is 2. The van der Waals surface area contributed by atoms with Crippen LogP contribution in [0.5, 0.6) is 0 Å². The Bertz CT molecular complexity index is 2930. The summed E-state index contributed by atoms with van der Waals surface area (Å²) in [6.45, 7) is 0. The topological polar surface area (TPSA) is 53.2 Å². The summed E-state index contributed by atoms with van der Waals surface area (Å²) in [5.74, 6) is -0.182. The first-order chi connectivity index (χ1) is 28.6. The van der Waals surface area contributed by atoms with Crippen LogP contribution in [0.2, 0.25) is 0 Å². The van der Waals surface area contributed by atoms with E-state index in [4.69, 9.17) is 5.41 Å². The van der Waals surface area contributed by atoms with Crippen molar-refractivity contribution in [3.8, 4) is 27.9 Å². The molecule has 300 valence electrons. The van der Waals surface area contributed by atoms with Crippen molar-refractivity contribution in [2.24, 2.45) is 4.99 Å². The minimum absolute atomic E-state index is 0.0184. The van der Waals surface area contributed by atoms with E-state index < -0.39 is 40.8 Å². The average Bonchev–Trinajstić information content (AvgIpc) is 3.56. The third-order valence-corrected chi connectivity index (χ3v) is 9.98. The molecule has 0 atom stereocenters. The van der Waals surface area contributed by atoms with E-state index in [1.165, 1.54) is 36.4 Å². The van der Waals surface area contributed by atoms with Crippen molar-refractivity contribution in [1.29, 1.82) is 5.41 Å². The van der Waals surface area contributed by atoms with Gasteiger partial charge in [0, 0.05) is 33.3 Å². The normalized spacial score (nSPS) is 12.6. The summed E-state index contributed by atoms with van der Waals surface area (Å²) in [6.07, 6.45) is -14.9. The van der Waals surface area contributed by atoms with Crippen molar-refractivity contribution in [3.63, 3.8) is 0 Å². The number of amidine groups is 2. The molecule has 7 aromatic carbocycles. The Kier molecular flexibility index (Phi) is 10.1. The second kappa shape index (κ2) is 15.2. The van der Waals surface area contributed by atoms with Crippen molar-refractivity contribution >= 4 is 39.2 Å². The number of nitrogens with one attached hydrogen (secondary N) is 2. The zero-order chi connectivity index (χ0) is 42.4. The fourth-order valence-electron chi connectivity index (χ4n) is 7.28. The Balaban J connectivity index is 1.41. The lowest BCUT2D eigenvalue weighted by Gasteiger charge is -2.20. The molecule has 0 saturated carbocycles. The van der Waals surface area contributed by atoms with Gasteiger partial charge in [0.05, 0.1) is 27.7 Å². The number of benzene rings is 7. The second-order valence-corrected chi connectivity index (χ2v) is 13.8. The molecule has 13 heteroatoms. The zero-order valence-corrected chi connectivity index (χ0v) is 30.9. The van der Waals surface area contributed by atoms with Gasteiger partial charge in [0.25, 0.3) is 0 Å². The van der Waals surface area contributed by atoms with Crippen LogP contribution < -0.4 is 5.32 Å². The van der Waals surface area contributed by atoms with Crippen LogP contribution in [0.15, 0.2) is 169 Å². The zero-order valence-electron chi connectivity index (χ0n) is 30.9. The van der Waals surface area contributed by atoms with Gasteiger partial charge in [-0.2, -0.15) is 39.5 Å². The highest BCUT2D eigenvalue weighted by Gasteiger charge is 2.39. The van der Waals surface area contributed by atoms with Gasteiger partial charge < -0.3 is 9.88 Å². The maximum Gasteiger partial charge on any atom is 0.417 e. The van der Waals surface area contributed by atoms with E-state index in [0.29, 0.717) is 44.8 Å². The van der Waals surface area contributed by atoms with Crippen LogP contribution in [0.1, 0.15) is 27.8 Å². The maximum atomic E-state index is 14.6. The number of aromatic nitrogens is 1. The minimum Gasteiger partial charge on any atom is -0.340 e. The molecule has 1 heterocycles. The number of rotatable bonds is 6. The summed E-state index contributed by atoms with van der Waals surface area (Å²) in [6, 6.07) is 39.9. The van der Waals surface area contributed by atoms with E-state index >= 15 is 0 Å². The highest BCUT2D eigenvalue weighted by Crippen LogP contribution is 2.44. The smallest absolute Gasteiger partial charge is 0.340 e. The van der Waals surface area contributed by atoms with E-state index in [0.717, 1.165) is 12.1 Å². The van der Waals surface area contributed by atoms with Crippen LogP contribution in [0.4, 0.5) is 45.2 Å². The Morgan fingerprint density at radius 1 is 0.500 bits per heavy atom. The predicted octanol–water partition coefficient (Wildman–Crippen LogP) is 14.1. The van der Waals surface area contributed by atoms with Crippen molar-refractivity contribution in [2.75, 3.05) is 5.32 Å². The number of anilines is 1. The Morgan fingerprint density at radius 2 is 1.12 bits per heavy atom. The number of aliphatic imine (C=N–C) groups is 1. The molecule has 2 N–H and O–H groups in total. The summed E-state index contributed by atoms with van der Waals surface area (Å²) < 4.78 is 130. The molecule has 0 unspecified atom stereocenters. The number of fused-ring (bicyclic) bond motifs is 3. The molecule has 4 nitrogen and oxygen atoms in total. The van der Waals surface area contributed by atoms with E-state index in [1.54, 1.807) is 108 Å². The van der Waals surface area contributed by atoms with Crippen LogP contribution in [0, 0.1) is 5.41 Å². The highest BCUT2D eigenvalue weighted by molar-refractivity contribution is 6.19. The number of hydrogen-bond acceptors (Lipinski definition) is 1. The van der Waals surface area contributed by atoms with Crippen LogP contribution in [-0.4, -0.2) is 16.2 Å². The third kappa shape index (κ3) is 7.73. The molecule has 8 rings (SSSR count). The number of alkyl halides is 9. The first-order valence-electron chi connectivity index (χ1n) is 18.3. The first-order valence-corrected chi connectivity index (χ1v) is 18.3. The molecular formula is C47H29F9N4. The van der Waals surface area contributed by atoms with Gasteiger partial charge in [-0.1, -0.05) is 109 Å². The SMILES string of the molecule is N=C(N=C(Nc1ccccc1)c1cc(-n2c3ccccc3c3ccc(-c4ccc(C(F)(F)F)cc4C(F)(F)F)cc32)ccc1-c1ccccc1C(F)(F)F)c1ccccc1. The van der Waals surface area contributed by atoms with Crippen LogP contribution in [0.25, 0.3) is 49.7 Å². The minimum atomic E-state index is -5.13. The van der Waals surface area contributed by atoms with Gasteiger partial charge in [0.2, 0.25) is 0 Å². The van der Waals surface area contributed by atoms with Crippen molar-refractivity contribution in [2.45, 2.75) is 18.5 Å². The molecule has 60 heavy (non-hydrogen) atoms. The third-order valence-electron chi connectivity index (χ3n) is 9.98. The first kappa shape index (κ1) is 39.7. The summed E-state index contributed by atoms with van der Waals surface area (Å²) >= 11 is 0. The summed E-state index contributed by atoms with van der Waals surface area (Å²) in [5, 5.41) is 13.4. The summed E-state index contributed by atoms with van der Waals surface area (Å²) in [5.41, 5.74) is -2.02. The second-order valence-electron chi connectivity index (χ2n) is 13.8. The molecular weight excluding hydrogens is 792 g/mol. The molecule has 0 amide bonds. The van der Waals surface area contributed by atoms with Gasteiger partial charge >= 0.3 is 18.5 Å². The van der Waals surface area contributed by atoms with Gasteiger partial charge in [-0.3, -0.25) is 5.41 Å². The van der Waals surface area contributed by atoms with Gasteiger partial charge in [-0.25, -0.2) is 4.99 Å².